The van der Waals surface area contributed by atoms with Gasteiger partial charge in [-0.15, -0.1) is 0 Å². The van der Waals surface area contributed by atoms with Gasteiger partial charge >= 0.3 is 6.18 Å². The van der Waals surface area contributed by atoms with Crippen molar-refractivity contribution in [2.45, 2.75) is 33.0 Å². The monoisotopic (exact) mass is 379 g/mol. The van der Waals surface area contributed by atoms with Crippen molar-refractivity contribution in [2.24, 2.45) is 0 Å². The summed E-state index contributed by atoms with van der Waals surface area (Å²) in [6, 6.07) is 2.67. The van der Waals surface area contributed by atoms with Crippen molar-refractivity contribution in [3.63, 3.8) is 0 Å². The highest BCUT2D eigenvalue weighted by atomic mass is 35.5. The van der Waals surface area contributed by atoms with Crippen LogP contribution in [0.1, 0.15) is 26.3 Å². The molecule has 0 unspecified atom stereocenters. The molecule has 5 nitrogen and oxygen atoms in total. The molecule has 0 saturated carbocycles. The number of hydrogen-bond acceptors (Lipinski definition) is 3. The first kappa shape index (κ1) is 21.2. The number of likely N-dealkylation sites (N-methyl/N-ethyl adjacent to an activating group) is 1. The van der Waals surface area contributed by atoms with E-state index >= 15 is 0 Å². The molecule has 0 fully saturated rings. The van der Waals surface area contributed by atoms with Gasteiger partial charge in [0.05, 0.1) is 29.4 Å². The average Bonchev–Trinajstić information content (AvgIpc) is 2.46. The van der Waals surface area contributed by atoms with Gasteiger partial charge in [-0.2, -0.15) is 13.2 Å². The first-order valence-electron chi connectivity index (χ1n) is 7.71. The largest absolute Gasteiger partial charge is 0.416 e. The maximum absolute atomic E-state index is 12.7. The van der Waals surface area contributed by atoms with E-state index in [0.29, 0.717) is 6.54 Å². The number of nitrogens with one attached hydrogen (secondary N) is 2. The molecular formula is C16H21ClF3N3O2. The lowest BCUT2D eigenvalue weighted by atomic mass is 10.2. The Balaban J connectivity index is 2.73. The van der Waals surface area contributed by atoms with Crippen LogP contribution < -0.4 is 10.6 Å². The summed E-state index contributed by atoms with van der Waals surface area (Å²) in [5.74, 6) is -0.790. The molecule has 0 spiro atoms. The number of nitrogens with zero attached hydrogens (tertiary/aromatic N) is 1. The Morgan fingerprint density at radius 3 is 2.32 bits per heavy atom. The summed E-state index contributed by atoms with van der Waals surface area (Å²) in [5, 5.41) is 5.06. The minimum absolute atomic E-state index is 0.00180. The van der Waals surface area contributed by atoms with Crippen LogP contribution in [0.5, 0.6) is 0 Å². The molecule has 0 bridgehead atoms. The van der Waals surface area contributed by atoms with Crippen molar-refractivity contribution in [1.29, 1.82) is 0 Å². The van der Waals surface area contributed by atoms with Crippen LogP contribution in [0.25, 0.3) is 0 Å². The first-order chi connectivity index (χ1) is 11.5. The van der Waals surface area contributed by atoms with Crippen LogP contribution in [0.3, 0.4) is 0 Å². The van der Waals surface area contributed by atoms with Gasteiger partial charge in [0, 0.05) is 6.04 Å². The van der Waals surface area contributed by atoms with Gasteiger partial charge in [0.25, 0.3) is 0 Å². The minimum atomic E-state index is -4.53. The molecule has 0 aliphatic rings. The van der Waals surface area contributed by atoms with Gasteiger partial charge in [-0.05, 0) is 38.6 Å². The molecule has 25 heavy (non-hydrogen) atoms. The maximum Gasteiger partial charge on any atom is 0.416 e. The van der Waals surface area contributed by atoms with Crippen molar-refractivity contribution in [2.75, 3.05) is 25.0 Å². The van der Waals surface area contributed by atoms with Gasteiger partial charge in [-0.3, -0.25) is 14.5 Å². The second kappa shape index (κ2) is 9.05. The molecule has 2 N–H and O–H groups in total. The summed E-state index contributed by atoms with van der Waals surface area (Å²) in [7, 11) is 0. The second-order valence-electron chi connectivity index (χ2n) is 5.77. The van der Waals surface area contributed by atoms with E-state index in [2.05, 4.69) is 10.6 Å². The Morgan fingerprint density at radius 2 is 1.80 bits per heavy atom. The van der Waals surface area contributed by atoms with E-state index in [9.17, 15) is 22.8 Å². The van der Waals surface area contributed by atoms with Crippen molar-refractivity contribution < 1.29 is 22.8 Å². The van der Waals surface area contributed by atoms with Gasteiger partial charge in [0.15, 0.2) is 0 Å². The molecule has 1 aromatic rings. The van der Waals surface area contributed by atoms with E-state index in [4.69, 9.17) is 11.6 Å². The number of hydrogen-bond donors (Lipinski definition) is 2. The molecule has 0 heterocycles. The number of benzene rings is 1. The van der Waals surface area contributed by atoms with Gasteiger partial charge in [0.2, 0.25) is 11.8 Å². The Morgan fingerprint density at radius 1 is 1.20 bits per heavy atom. The predicted octanol–water partition coefficient (Wildman–Crippen LogP) is 3.14. The lowest BCUT2D eigenvalue weighted by molar-refractivity contribution is -0.137. The zero-order valence-electron chi connectivity index (χ0n) is 14.2. The number of halogens is 4. The summed E-state index contributed by atoms with van der Waals surface area (Å²) in [6.45, 7) is 5.70. The maximum atomic E-state index is 12.7. The third-order valence-corrected chi connectivity index (χ3v) is 3.53. The molecule has 9 heteroatoms. The van der Waals surface area contributed by atoms with Gasteiger partial charge < -0.3 is 10.6 Å². The van der Waals surface area contributed by atoms with Gasteiger partial charge in [-0.25, -0.2) is 0 Å². The normalized spacial score (nSPS) is 11.7. The Hall–Kier alpha value is -1.80. The minimum Gasteiger partial charge on any atom is -0.353 e. The number of rotatable bonds is 7. The summed E-state index contributed by atoms with van der Waals surface area (Å²) >= 11 is 5.84. The highest BCUT2D eigenvalue weighted by Crippen LogP contribution is 2.33. The van der Waals surface area contributed by atoms with E-state index in [0.717, 1.165) is 18.2 Å². The molecule has 1 rings (SSSR count). The lowest BCUT2D eigenvalue weighted by Crippen LogP contribution is -2.42. The SMILES string of the molecule is CCN(CC(=O)Nc1cc(C(F)(F)F)ccc1Cl)CC(=O)NC(C)C. The summed E-state index contributed by atoms with van der Waals surface area (Å²) in [6.07, 6.45) is -4.53. The zero-order chi connectivity index (χ0) is 19.2. The fraction of sp³-hybridized carbons (Fsp3) is 0.500. The van der Waals surface area contributed by atoms with Crippen LogP contribution in [0.4, 0.5) is 18.9 Å². The summed E-state index contributed by atoms with van der Waals surface area (Å²) in [4.78, 5) is 25.4. The average molecular weight is 380 g/mol. The highest BCUT2D eigenvalue weighted by Gasteiger charge is 2.31. The molecule has 0 atom stereocenters. The molecule has 0 radical (unpaired) electrons. The third kappa shape index (κ3) is 7.31. The van der Waals surface area contributed by atoms with Crippen LogP contribution in [0, 0.1) is 0 Å². The van der Waals surface area contributed by atoms with Crippen LogP contribution >= 0.6 is 11.6 Å². The zero-order valence-corrected chi connectivity index (χ0v) is 15.0. The molecule has 0 aromatic heterocycles. The van der Waals surface area contributed by atoms with Gasteiger partial charge in [-0.1, -0.05) is 18.5 Å². The number of carbonyl (C=O) groups is 2. The number of carbonyl (C=O) groups excluding carboxylic acids is 2. The van der Waals surface area contributed by atoms with E-state index in [1.807, 2.05) is 13.8 Å². The second-order valence-corrected chi connectivity index (χ2v) is 6.17. The van der Waals surface area contributed by atoms with Crippen LogP contribution in [0.15, 0.2) is 18.2 Å². The predicted molar refractivity (Wildman–Crippen MR) is 90.5 cm³/mol. The van der Waals surface area contributed by atoms with Crippen molar-refractivity contribution in [3.05, 3.63) is 28.8 Å². The standard InChI is InChI=1S/C16H21ClF3N3O2/c1-4-23(8-14(24)21-10(2)3)9-15(25)22-13-7-11(16(18,19)20)5-6-12(13)17/h5-7,10H,4,8-9H2,1-3H3,(H,21,24)(H,22,25). The van der Waals surface area contributed by atoms with Crippen molar-refractivity contribution in [1.82, 2.24) is 10.2 Å². The summed E-state index contributed by atoms with van der Waals surface area (Å²) in [5.41, 5.74) is -1.03. The quantitative estimate of drug-likeness (QED) is 0.765. The Bertz CT molecular complexity index is 621. The fourth-order valence-corrected chi connectivity index (χ4v) is 2.21. The van der Waals surface area contributed by atoms with Crippen molar-refractivity contribution in [3.8, 4) is 0 Å². The van der Waals surface area contributed by atoms with Crippen LogP contribution in [-0.2, 0) is 15.8 Å². The first-order valence-corrected chi connectivity index (χ1v) is 8.09. The topological polar surface area (TPSA) is 61.4 Å². The van der Waals surface area contributed by atoms with Crippen LogP contribution in [0.2, 0.25) is 5.02 Å². The number of amides is 2. The van der Waals surface area contributed by atoms with Crippen molar-refractivity contribution >= 4 is 29.1 Å². The van der Waals surface area contributed by atoms with Crippen LogP contribution in [-0.4, -0.2) is 42.4 Å². The molecular weight excluding hydrogens is 359 g/mol. The van der Waals surface area contributed by atoms with Gasteiger partial charge in [0.1, 0.15) is 0 Å². The summed E-state index contributed by atoms with van der Waals surface area (Å²) < 4.78 is 38.2. The number of anilines is 1. The van der Waals surface area contributed by atoms with E-state index in [1.165, 1.54) is 0 Å². The molecule has 2 amide bonds. The van der Waals surface area contributed by atoms with E-state index < -0.39 is 17.6 Å². The smallest absolute Gasteiger partial charge is 0.353 e. The molecule has 1 aromatic carbocycles. The molecule has 140 valence electrons. The van der Waals surface area contributed by atoms with E-state index in [-0.39, 0.29) is 35.7 Å². The lowest BCUT2D eigenvalue weighted by Gasteiger charge is -2.20. The molecule has 0 aliphatic heterocycles. The van der Waals surface area contributed by atoms with E-state index in [1.54, 1.807) is 11.8 Å². The Labute approximate surface area is 149 Å². The fourth-order valence-electron chi connectivity index (χ4n) is 2.04. The number of alkyl halides is 3. The third-order valence-electron chi connectivity index (χ3n) is 3.20. The molecule has 0 saturated heterocycles. The Kier molecular flexibility index (Phi) is 7.69. The molecule has 0 aliphatic carbocycles. The highest BCUT2D eigenvalue weighted by molar-refractivity contribution is 6.33.